The van der Waals surface area contributed by atoms with Gasteiger partial charge in [0.1, 0.15) is 11.4 Å². The molecular weight excluding hydrogens is 349 g/mol. The van der Waals surface area contributed by atoms with E-state index in [0.717, 1.165) is 0 Å². The molecule has 2 aromatic rings. The van der Waals surface area contributed by atoms with Crippen LogP contribution in [0.2, 0.25) is 0 Å². The van der Waals surface area contributed by atoms with Gasteiger partial charge in [0.25, 0.3) is 5.91 Å². The Morgan fingerprint density at radius 1 is 1.36 bits per heavy atom. The molecule has 0 radical (unpaired) electrons. The third-order valence-corrected chi connectivity index (χ3v) is 5.51. The molecule has 1 aromatic heterocycles. The van der Waals surface area contributed by atoms with Crippen LogP contribution in [0, 0.1) is 11.2 Å². The Morgan fingerprint density at radius 3 is 2.64 bits per heavy atom. The summed E-state index contributed by atoms with van der Waals surface area (Å²) in [4.78, 5) is 11.7. The van der Waals surface area contributed by atoms with Crippen molar-refractivity contribution >= 4 is 33.0 Å². The normalized spacial score (nSPS) is 19.6. The van der Waals surface area contributed by atoms with E-state index in [2.05, 4.69) is 10.4 Å². The van der Waals surface area contributed by atoms with Crippen molar-refractivity contribution in [3.63, 3.8) is 0 Å². The van der Waals surface area contributed by atoms with Crippen LogP contribution in [0.25, 0.3) is 0 Å². The molecular formula is C15H16FN5O3S. The molecule has 1 aliphatic heterocycles. The third kappa shape index (κ3) is 3.68. The van der Waals surface area contributed by atoms with Crippen molar-refractivity contribution in [1.82, 2.24) is 9.78 Å². The largest absolute Gasteiger partial charge is 0.365 e. The van der Waals surface area contributed by atoms with Crippen LogP contribution < -0.4 is 11.1 Å². The topological polar surface area (TPSA) is 131 Å². The lowest BCUT2D eigenvalue weighted by atomic mass is 10.1. The lowest BCUT2D eigenvalue weighted by Crippen LogP contribution is -2.34. The number of rotatable bonds is 4. The molecule has 1 aliphatic rings. The van der Waals surface area contributed by atoms with Crippen molar-refractivity contribution in [1.29, 1.82) is 5.41 Å². The van der Waals surface area contributed by atoms with Crippen molar-refractivity contribution in [3.05, 3.63) is 41.8 Å². The van der Waals surface area contributed by atoms with Gasteiger partial charge in [0.15, 0.2) is 15.7 Å². The Labute approximate surface area is 143 Å². The van der Waals surface area contributed by atoms with Crippen LogP contribution in [0.5, 0.6) is 0 Å². The van der Waals surface area contributed by atoms with E-state index in [-0.39, 0.29) is 35.0 Å². The highest BCUT2D eigenvalue weighted by atomic mass is 32.2. The molecule has 1 saturated heterocycles. The van der Waals surface area contributed by atoms with Crippen LogP contribution in [0.1, 0.15) is 22.8 Å². The minimum atomic E-state index is -3.25. The standard InChI is InChI=1S/C15H16FN5O3S/c16-9-1-3-10(4-2-9)19-15-11(14(18)22)7-21(20-15)13-5-6-25(23,24)8-12(13)17/h1-4,7,13,17H,5-6,8H2,(H2,18,22)(H,19,20)/t13-/m0/s1. The molecule has 2 heterocycles. The number of benzene rings is 1. The predicted octanol–water partition coefficient (Wildman–Crippen LogP) is 1.24. The number of nitrogens with zero attached hydrogens (tertiary/aromatic N) is 2. The second-order valence-corrected chi connectivity index (χ2v) is 7.97. The van der Waals surface area contributed by atoms with Gasteiger partial charge in [-0.25, -0.2) is 12.8 Å². The molecule has 0 spiro atoms. The second-order valence-electron chi connectivity index (χ2n) is 5.79. The highest BCUT2D eigenvalue weighted by Gasteiger charge is 2.31. The van der Waals surface area contributed by atoms with E-state index < -0.39 is 27.6 Å². The van der Waals surface area contributed by atoms with E-state index in [4.69, 9.17) is 11.1 Å². The molecule has 132 valence electrons. The monoisotopic (exact) mass is 365 g/mol. The van der Waals surface area contributed by atoms with Crippen LogP contribution in [-0.4, -0.2) is 41.3 Å². The quantitative estimate of drug-likeness (QED) is 0.750. The lowest BCUT2D eigenvalue weighted by Gasteiger charge is -2.23. The van der Waals surface area contributed by atoms with Gasteiger partial charge in [-0.2, -0.15) is 5.10 Å². The van der Waals surface area contributed by atoms with Crippen molar-refractivity contribution in [2.24, 2.45) is 5.73 Å². The zero-order chi connectivity index (χ0) is 18.2. The first-order chi connectivity index (χ1) is 11.7. The average molecular weight is 365 g/mol. The summed E-state index contributed by atoms with van der Waals surface area (Å²) >= 11 is 0. The van der Waals surface area contributed by atoms with Gasteiger partial charge in [-0.3, -0.25) is 9.48 Å². The third-order valence-electron chi connectivity index (χ3n) is 3.90. The van der Waals surface area contributed by atoms with Gasteiger partial charge in [-0.15, -0.1) is 0 Å². The minimum absolute atomic E-state index is 0.0121. The molecule has 1 fully saturated rings. The predicted molar refractivity (Wildman–Crippen MR) is 90.5 cm³/mol. The van der Waals surface area contributed by atoms with Gasteiger partial charge >= 0.3 is 0 Å². The minimum Gasteiger partial charge on any atom is -0.365 e. The first-order valence-corrected chi connectivity index (χ1v) is 9.26. The zero-order valence-electron chi connectivity index (χ0n) is 13.1. The fourth-order valence-electron chi connectivity index (χ4n) is 2.66. The Bertz CT molecular complexity index is 937. The molecule has 8 nitrogen and oxygen atoms in total. The maximum atomic E-state index is 13.0. The summed E-state index contributed by atoms with van der Waals surface area (Å²) < 4.78 is 37.6. The molecule has 0 unspecified atom stereocenters. The van der Waals surface area contributed by atoms with Gasteiger partial charge in [-0.1, -0.05) is 0 Å². The van der Waals surface area contributed by atoms with E-state index >= 15 is 0 Å². The molecule has 0 aliphatic carbocycles. The molecule has 1 aromatic carbocycles. The Balaban J connectivity index is 1.91. The summed E-state index contributed by atoms with van der Waals surface area (Å²) in [6.07, 6.45) is 1.60. The number of primary amides is 1. The smallest absolute Gasteiger partial charge is 0.254 e. The van der Waals surface area contributed by atoms with Crippen molar-refractivity contribution in [3.8, 4) is 0 Å². The highest BCUT2D eigenvalue weighted by molar-refractivity contribution is 7.92. The van der Waals surface area contributed by atoms with E-state index in [1.165, 1.54) is 35.1 Å². The van der Waals surface area contributed by atoms with Crippen LogP contribution in [0.4, 0.5) is 15.9 Å². The maximum Gasteiger partial charge on any atom is 0.254 e. The van der Waals surface area contributed by atoms with Crippen molar-refractivity contribution < 1.29 is 17.6 Å². The number of carbonyl (C=O) groups excluding carboxylic acids is 1. The number of nitrogens with two attached hydrogens (primary N) is 1. The van der Waals surface area contributed by atoms with E-state index in [1.54, 1.807) is 0 Å². The van der Waals surface area contributed by atoms with Crippen molar-refractivity contribution in [2.45, 2.75) is 12.5 Å². The van der Waals surface area contributed by atoms with Crippen LogP contribution >= 0.6 is 0 Å². The van der Waals surface area contributed by atoms with Gasteiger partial charge < -0.3 is 16.5 Å². The molecule has 1 atom stereocenters. The number of hydrogen-bond donors (Lipinski definition) is 3. The Kier molecular flexibility index (Phi) is 4.29. The van der Waals surface area contributed by atoms with Crippen molar-refractivity contribution in [2.75, 3.05) is 16.8 Å². The number of hydrogen-bond acceptors (Lipinski definition) is 6. The summed E-state index contributed by atoms with van der Waals surface area (Å²) in [5.74, 6) is -1.33. The van der Waals surface area contributed by atoms with Crippen LogP contribution in [0.3, 0.4) is 0 Å². The molecule has 4 N–H and O–H groups in total. The van der Waals surface area contributed by atoms with E-state index in [0.29, 0.717) is 5.69 Å². The van der Waals surface area contributed by atoms with Gasteiger partial charge in [0.05, 0.1) is 17.5 Å². The first-order valence-electron chi connectivity index (χ1n) is 7.44. The molecule has 1 amide bonds. The fourth-order valence-corrected chi connectivity index (χ4v) is 4.05. The number of amides is 1. The molecule has 3 rings (SSSR count). The molecule has 0 saturated carbocycles. The van der Waals surface area contributed by atoms with Gasteiger partial charge in [0.2, 0.25) is 0 Å². The molecule has 0 bridgehead atoms. The number of halogens is 1. The summed E-state index contributed by atoms with van der Waals surface area (Å²) in [6.45, 7) is 0. The number of nitrogens with one attached hydrogen (secondary N) is 2. The van der Waals surface area contributed by atoms with Crippen LogP contribution in [0.15, 0.2) is 30.5 Å². The summed E-state index contributed by atoms with van der Waals surface area (Å²) in [5.41, 5.74) is 6.00. The number of aromatic nitrogens is 2. The SMILES string of the molecule is N=C1CS(=O)(=O)CC[C@@H]1n1cc(C(N)=O)c(Nc2ccc(F)cc2)n1. The van der Waals surface area contributed by atoms with Gasteiger partial charge in [0, 0.05) is 17.6 Å². The van der Waals surface area contributed by atoms with Gasteiger partial charge in [-0.05, 0) is 30.7 Å². The first kappa shape index (κ1) is 17.1. The fraction of sp³-hybridized carbons (Fsp3) is 0.267. The number of anilines is 2. The summed E-state index contributed by atoms with van der Waals surface area (Å²) in [5, 5.41) is 15.1. The molecule has 10 heteroatoms. The number of sulfone groups is 1. The zero-order valence-corrected chi connectivity index (χ0v) is 13.9. The highest BCUT2D eigenvalue weighted by Crippen LogP contribution is 2.25. The van der Waals surface area contributed by atoms with Crippen LogP contribution in [-0.2, 0) is 9.84 Å². The summed E-state index contributed by atoms with van der Waals surface area (Å²) in [7, 11) is -3.25. The van der Waals surface area contributed by atoms with E-state index in [1.807, 2.05) is 0 Å². The number of carbonyl (C=O) groups is 1. The maximum absolute atomic E-state index is 13.0. The lowest BCUT2D eigenvalue weighted by molar-refractivity contribution is 0.100. The summed E-state index contributed by atoms with van der Waals surface area (Å²) in [6, 6.07) is 4.92. The van der Waals surface area contributed by atoms with E-state index in [9.17, 15) is 17.6 Å². The Hall–Kier alpha value is -2.75. The Morgan fingerprint density at radius 2 is 2.04 bits per heavy atom. The molecule has 25 heavy (non-hydrogen) atoms. The average Bonchev–Trinajstić information content (AvgIpc) is 2.92. The second kappa shape index (κ2) is 6.28.